The van der Waals surface area contributed by atoms with Crippen LogP contribution in [0.2, 0.25) is 0 Å². The average molecular weight is 650 g/mol. The standard InChI is InChI=1S/C30H27N5O8S2/c1-6-43-28(38)25-16(3)32-30-34(26(25)20-14-19(41-4)8-9-21(20)42-5)27(37)23(45-30)13-17-12-18(35(39)40)7-10-22(17)44-29-31-15(2)11-24(36)33-29/h7-14,26H,6H2,1-5H3,(H,31,33,36)/b23-13+/t26-/m0/s1. The van der Waals surface area contributed by atoms with Crippen LogP contribution < -0.4 is 29.9 Å². The number of carbonyl (C=O) groups excluding carboxylic acids is 1. The van der Waals surface area contributed by atoms with Gasteiger partial charge in [0.25, 0.3) is 16.8 Å². The number of thiazole rings is 1. The van der Waals surface area contributed by atoms with Crippen LogP contribution in [-0.2, 0) is 9.53 Å². The van der Waals surface area contributed by atoms with Gasteiger partial charge in [-0.2, -0.15) is 0 Å². The minimum absolute atomic E-state index is 0.107. The molecule has 15 heteroatoms. The van der Waals surface area contributed by atoms with E-state index in [-0.39, 0.29) is 33.1 Å². The molecule has 4 aromatic rings. The number of fused-ring (bicyclic) bond motifs is 1. The van der Waals surface area contributed by atoms with E-state index in [1.165, 1.54) is 49.1 Å². The van der Waals surface area contributed by atoms with Gasteiger partial charge in [0.2, 0.25) is 0 Å². The number of hydrogen-bond donors (Lipinski definition) is 1. The molecule has 5 rings (SSSR count). The summed E-state index contributed by atoms with van der Waals surface area (Å²) in [5, 5.41) is 12.0. The Morgan fingerprint density at radius 2 is 1.93 bits per heavy atom. The molecule has 232 valence electrons. The van der Waals surface area contributed by atoms with Crippen molar-refractivity contribution in [3.8, 4) is 11.5 Å². The number of allylic oxidation sites excluding steroid dienone is 1. The lowest BCUT2D eigenvalue weighted by atomic mass is 9.94. The summed E-state index contributed by atoms with van der Waals surface area (Å²) >= 11 is 2.15. The van der Waals surface area contributed by atoms with Crippen molar-refractivity contribution in [3.05, 3.63) is 111 Å². The lowest BCUT2D eigenvalue weighted by Gasteiger charge is -2.26. The number of nitrogens with one attached hydrogen (secondary N) is 1. The first kappa shape index (κ1) is 31.4. The molecule has 3 heterocycles. The smallest absolute Gasteiger partial charge is 0.338 e. The van der Waals surface area contributed by atoms with E-state index in [1.54, 1.807) is 39.0 Å². The minimum Gasteiger partial charge on any atom is -0.497 e. The maximum absolute atomic E-state index is 14.2. The van der Waals surface area contributed by atoms with Crippen LogP contribution in [0.4, 0.5) is 5.69 Å². The Kier molecular flexibility index (Phi) is 9.01. The largest absolute Gasteiger partial charge is 0.497 e. The van der Waals surface area contributed by atoms with Crippen LogP contribution in [0.15, 0.2) is 78.4 Å². The summed E-state index contributed by atoms with van der Waals surface area (Å²) in [5.74, 6) is 0.246. The van der Waals surface area contributed by atoms with Gasteiger partial charge in [0, 0.05) is 34.4 Å². The highest BCUT2D eigenvalue weighted by Gasteiger charge is 2.35. The van der Waals surface area contributed by atoms with Crippen molar-refractivity contribution >= 4 is 40.8 Å². The Morgan fingerprint density at radius 1 is 1.16 bits per heavy atom. The molecule has 0 radical (unpaired) electrons. The number of nitro groups is 1. The third-order valence-corrected chi connectivity index (χ3v) is 8.76. The Balaban J connectivity index is 1.75. The highest BCUT2D eigenvalue weighted by molar-refractivity contribution is 7.99. The van der Waals surface area contributed by atoms with Gasteiger partial charge in [-0.1, -0.05) is 23.1 Å². The first-order valence-electron chi connectivity index (χ1n) is 13.5. The predicted octanol–water partition coefficient (Wildman–Crippen LogP) is 3.27. The van der Waals surface area contributed by atoms with Gasteiger partial charge in [0.1, 0.15) is 17.5 Å². The lowest BCUT2D eigenvalue weighted by Crippen LogP contribution is -2.40. The number of non-ortho nitro benzene ring substituents is 1. The number of aryl methyl sites for hydroxylation is 1. The van der Waals surface area contributed by atoms with E-state index >= 15 is 0 Å². The number of aromatic amines is 1. The zero-order valence-electron chi connectivity index (χ0n) is 24.8. The molecule has 0 fully saturated rings. The molecule has 1 atom stereocenters. The van der Waals surface area contributed by atoms with Gasteiger partial charge >= 0.3 is 5.97 Å². The molecule has 0 spiro atoms. The van der Waals surface area contributed by atoms with Gasteiger partial charge in [-0.25, -0.2) is 14.8 Å². The summed E-state index contributed by atoms with van der Waals surface area (Å²) in [6.07, 6.45) is 1.52. The van der Waals surface area contributed by atoms with Gasteiger partial charge in [0.05, 0.1) is 41.6 Å². The fourth-order valence-electron chi connectivity index (χ4n) is 4.84. The van der Waals surface area contributed by atoms with E-state index in [2.05, 4.69) is 15.0 Å². The predicted molar refractivity (Wildman–Crippen MR) is 167 cm³/mol. The van der Waals surface area contributed by atoms with Gasteiger partial charge in [-0.15, -0.1) is 0 Å². The topological polar surface area (TPSA) is 168 Å². The maximum Gasteiger partial charge on any atom is 0.338 e. The van der Waals surface area contributed by atoms with Crippen molar-refractivity contribution in [2.45, 2.75) is 36.9 Å². The molecule has 0 aliphatic carbocycles. The molecule has 0 saturated carbocycles. The summed E-state index contributed by atoms with van der Waals surface area (Å²) in [4.78, 5) is 63.1. The van der Waals surface area contributed by atoms with Crippen LogP contribution in [0.3, 0.4) is 0 Å². The van der Waals surface area contributed by atoms with E-state index in [1.807, 2.05) is 0 Å². The molecule has 1 aliphatic heterocycles. The Morgan fingerprint density at radius 3 is 2.60 bits per heavy atom. The summed E-state index contributed by atoms with van der Waals surface area (Å²) < 4.78 is 18.0. The van der Waals surface area contributed by atoms with Crippen molar-refractivity contribution in [3.63, 3.8) is 0 Å². The van der Waals surface area contributed by atoms with Crippen molar-refractivity contribution in [1.29, 1.82) is 0 Å². The lowest BCUT2D eigenvalue weighted by molar-refractivity contribution is -0.384. The Labute approximate surface area is 263 Å². The number of ether oxygens (including phenoxy) is 3. The minimum atomic E-state index is -0.979. The zero-order chi connectivity index (χ0) is 32.4. The van der Waals surface area contributed by atoms with Crippen LogP contribution in [0.1, 0.15) is 36.7 Å². The van der Waals surface area contributed by atoms with Crippen LogP contribution in [0.5, 0.6) is 11.5 Å². The summed E-state index contributed by atoms with van der Waals surface area (Å²) in [6.45, 7) is 5.13. The summed E-state index contributed by atoms with van der Waals surface area (Å²) in [5.41, 5.74) is 0.807. The zero-order valence-corrected chi connectivity index (χ0v) is 26.4. The number of methoxy groups -OCH3 is 2. The quantitative estimate of drug-likeness (QED) is 0.123. The number of rotatable bonds is 9. The molecular formula is C30H27N5O8S2. The summed E-state index contributed by atoms with van der Waals surface area (Å²) in [7, 11) is 2.98. The molecule has 0 unspecified atom stereocenters. The number of benzene rings is 2. The van der Waals surface area contributed by atoms with Crippen LogP contribution >= 0.6 is 23.1 Å². The second-order valence-corrected chi connectivity index (χ2v) is 11.7. The molecule has 0 bridgehead atoms. The fourth-order valence-corrected chi connectivity index (χ4v) is 6.80. The van der Waals surface area contributed by atoms with E-state index < -0.39 is 22.5 Å². The van der Waals surface area contributed by atoms with Crippen LogP contribution in [0.25, 0.3) is 6.08 Å². The van der Waals surface area contributed by atoms with E-state index in [0.717, 1.165) is 23.1 Å². The van der Waals surface area contributed by atoms with Gasteiger partial charge < -0.3 is 19.2 Å². The number of aromatic nitrogens is 3. The van der Waals surface area contributed by atoms with Crippen molar-refractivity contribution < 1.29 is 23.9 Å². The van der Waals surface area contributed by atoms with Gasteiger partial charge in [-0.3, -0.25) is 24.3 Å². The molecule has 1 N–H and O–H groups in total. The maximum atomic E-state index is 14.2. The first-order valence-corrected chi connectivity index (χ1v) is 15.1. The van der Waals surface area contributed by atoms with Crippen molar-refractivity contribution in [1.82, 2.24) is 14.5 Å². The van der Waals surface area contributed by atoms with E-state index in [4.69, 9.17) is 14.2 Å². The normalized spacial score (nSPS) is 14.5. The number of esters is 1. The van der Waals surface area contributed by atoms with E-state index in [0.29, 0.717) is 43.7 Å². The monoisotopic (exact) mass is 649 g/mol. The molecule has 0 amide bonds. The number of nitrogens with zero attached hydrogens (tertiary/aromatic N) is 4. The molecule has 0 saturated heterocycles. The molecule has 1 aliphatic rings. The van der Waals surface area contributed by atoms with E-state index in [9.17, 15) is 24.5 Å². The second-order valence-electron chi connectivity index (χ2n) is 9.68. The van der Waals surface area contributed by atoms with Gasteiger partial charge in [0.15, 0.2) is 9.96 Å². The summed E-state index contributed by atoms with van der Waals surface area (Å²) in [6, 6.07) is 9.63. The Bertz CT molecular complexity index is 2120. The van der Waals surface area contributed by atoms with Crippen molar-refractivity contribution in [2.75, 3.05) is 20.8 Å². The molecule has 2 aromatic heterocycles. The average Bonchev–Trinajstić information content (AvgIpc) is 3.30. The number of H-pyrrole nitrogens is 1. The highest BCUT2D eigenvalue weighted by Crippen LogP contribution is 2.38. The second kappa shape index (κ2) is 12.9. The molecular weight excluding hydrogens is 622 g/mol. The van der Waals surface area contributed by atoms with Gasteiger partial charge in [-0.05, 0) is 56.7 Å². The number of nitro benzene ring substituents is 1. The fraction of sp³-hybridized carbons (Fsp3) is 0.233. The first-order chi connectivity index (χ1) is 21.5. The highest BCUT2D eigenvalue weighted by atomic mass is 32.2. The molecule has 45 heavy (non-hydrogen) atoms. The SMILES string of the molecule is CCOC(=O)C1=C(C)N=c2s/c(=C/c3cc([N+](=O)[O-])ccc3Sc3nc(C)cc(=O)[nH]3)c(=O)n2[C@H]1c1cc(OC)ccc1OC. The van der Waals surface area contributed by atoms with Crippen LogP contribution in [0, 0.1) is 17.0 Å². The van der Waals surface area contributed by atoms with Crippen molar-refractivity contribution in [2.24, 2.45) is 4.99 Å². The number of hydrogen-bond acceptors (Lipinski definition) is 12. The van der Waals surface area contributed by atoms with Crippen LogP contribution in [-0.4, -0.2) is 46.3 Å². The Hall–Kier alpha value is -5.02. The number of carbonyl (C=O) groups is 1. The molecule has 2 aromatic carbocycles. The molecule has 13 nitrogen and oxygen atoms in total. The third-order valence-electron chi connectivity index (χ3n) is 6.79. The third kappa shape index (κ3) is 6.30.